The Bertz CT molecular complexity index is 383. The second kappa shape index (κ2) is 9.26. The molecule has 21 heavy (non-hydrogen) atoms. The van der Waals surface area contributed by atoms with E-state index in [0.29, 0.717) is 11.3 Å². The normalized spacial score (nSPS) is 22.1. The van der Waals surface area contributed by atoms with Crippen LogP contribution in [0.2, 0.25) is 5.22 Å². The van der Waals surface area contributed by atoms with Gasteiger partial charge >= 0.3 is 0 Å². The summed E-state index contributed by atoms with van der Waals surface area (Å²) in [4.78, 5) is 2.58. The Balaban J connectivity index is 0.00000110. The largest absolute Gasteiger partial charge is 0.448 e. The number of nitrogens with one attached hydrogen (secondary N) is 1. The van der Waals surface area contributed by atoms with E-state index in [4.69, 9.17) is 16.0 Å². The minimum absolute atomic E-state index is 0. The summed E-state index contributed by atoms with van der Waals surface area (Å²) in [7, 11) is 0. The number of halogens is 3. The van der Waals surface area contributed by atoms with E-state index in [-0.39, 0.29) is 24.8 Å². The summed E-state index contributed by atoms with van der Waals surface area (Å²) >= 11 is 5.98. The maximum absolute atomic E-state index is 5.98. The van der Waals surface area contributed by atoms with Gasteiger partial charge in [-0.25, -0.2) is 0 Å². The lowest BCUT2D eigenvalue weighted by Crippen LogP contribution is -2.47. The lowest BCUT2D eigenvalue weighted by Gasteiger charge is -2.39. The fraction of sp³-hybridized carbons (Fsp3) is 0.733. The minimum Gasteiger partial charge on any atom is -0.448 e. The van der Waals surface area contributed by atoms with Crippen LogP contribution in [0.5, 0.6) is 0 Å². The predicted molar refractivity (Wildman–Crippen MR) is 92.0 cm³/mol. The van der Waals surface area contributed by atoms with Gasteiger partial charge in [0.1, 0.15) is 5.76 Å². The summed E-state index contributed by atoms with van der Waals surface area (Å²) in [5.41, 5.74) is 0. The van der Waals surface area contributed by atoms with Crippen LogP contribution < -0.4 is 5.32 Å². The van der Waals surface area contributed by atoms with Crippen molar-refractivity contribution in [3.8, 4) is 0 Å². The van der Waals surface area contributed by atoms with E-state index in [2.05, 4.69) is 16.3 Å². The number of furan rings is 1. The van der Waals surface area contributed by atoms with Gasteiger partial charge in [0, 0.05) is 26.2 Å². The molecular formula is C15H25Cl3N2O. The Morgan fingerprint density at radius 2 is 1.76 bits per heavy atom. The van der Waals surface area contributed by atoms with Gasteiger partial charge in [-0.05, 0) is 42.5 Å². The Labute approximate surface area is 144 Å². The lowest BCUT2D eigenvalue weighted by atomic mass is 9.82. The van der Waals surface area contributed by atoms with Crippen molar-refractivity contribution in [1.82, 2.24) is 10.2 Å². The lowest BCUT2D eigenvalue weighted by molar-refractivity contribution is 0.0871. The van der Waals surface area contributed by atoms with Gasteiger partial charge in [-0.3, -0.25) is 4.90 Å². The average Bonchev–Trinajstić information content (AvgIpc) is 2.88. The quantitative estimate of drug-likeness (QED) is 0.876. The van der Waals surface area contributed by atoms with Gasteiger partial charge in [0.25, 0.3) is 0 Å². The monoisotopic (exact) mass is 354 g/mol. The van der Waals surface area contributed by atoms with Crippen molar-refractivity contribution in [2.24, 2.45) is 5.92 Å². The molecule has 0 unspecified atom stereocenters. The number of nitrogens with zero attached hydrogens (tertiary/aromatic N) is 1. The summed E-state index contributed by atoms with van der Waals surface area (Å²) in [6.45, 7) is 4.38. The summed E-state index contributed by atoms with van der Waals surface area (Å²) in [5, 5.41) is 3.95. The highest BCUT2D eigenvalue weighted by molar-refractivity contribution is 6.28. The SMILES string of the molecule is Cl.Cl.Clc1ccc([C@H](C2CCCCC2)N2CCNCC2)o1. The summed E-state index contributed by atoms with van der Waals surface area (Å²) in [5.74, 6) is 1.80. The fourth-order valence-corrected chi connectivity index (χ4v) is 3.76. The average molecular weight is 356 g/mol. The molecule has 1 aliphatic carbocycles. The van der Waals surface area contributed by atoms with Crippen LogP contribution in [0, 0.1) is 5.92 Å². The van der Waals surface area contributed by atoms with Crippen molar-refractivity contribution in [3.05, 3.63) is 23.1 Å². The maximum atomic E-state index is 5.98. The van der Waals surface area contributed by atoms with Crippen molar-refractivity contribution in [1.29, 1.82) is 0 Å². The molecule has 0 amide bonds. The van der Waals surface area contributed by atoms with Crippen LogP contribution in [-0.4, -0.2) is 31.1 Å². The molecule has 122 valence electrons. The van der Waals surface area contributed by atoms with Crippen molar-refractivity contribution in [3.63, 3.8) is 0 Å². The van der Waals surface area contributed by atoms with Crippen LogP contribution in [0.1, 0.15) is 43.9 Å². The molecule has 0 spiro atoms. The molecule has 1 aliphatic heterocycles. The van der Waals surface area contributed by atoms with Gasteiger partial charge < -0.3 is 9.73 Å². The second-order valence-corrected chi connectivity index (χ2v) is 6.14. The van der Waals surface area contributed by atoms with Gasteiger partial charge in [-0.1, -0.05) is 19.3 Å². The number of rotatable bonds is 3. The van der Waals surface area contributed by atoms with E-state index < -0.39 is 0 Å². The Kier molecular flexibility index (Phi) is 8.43. The Hall–Kier alpha value is 0.0700. The van der Waals surface area contributed by atoms with E-state index in [1.54, 1.807) is 0 Å². The summed E-state index contributed by atoms with van der Waals surface area (Å²) < 4.78 is 5.76. The van der Waals surface area contributed by atoms with Crippen LogP contribution in [0.25, 0.3) is 0 Å². The summed E-state index contributed by atoms with van der Waals surface area (Å²) in [6, 6.07) is 4.38. The maximum Gasteiger partial charge on any atom is 0.193 e. The number of hydrogen-bond acceptors (Lipinski definition) is 3. The molecule has 1 aromatic rings. The number of piperazine rings is 1. The van der Waals surface area contributed by atoms with Crippen LogP contribution in [0.3, 0.4) is 0 Å². The zero-order chi connectivity index (χ0) is 13.1. The van der Waals surface area contributed by atoms with Gasteiger partial charge in [-0.2, -0.15) is 0 Å². The molecule has 1 saturated carbocycles. The van der Waals surface area contributed by atoms with E-state index >= 15 is 0 Å². The van der Waals surface area contributed by atoms with Gasteiger partial charge in [-0.15, -0.1) is 24.8 Å². The molecule has 1 N–H and O–H groups in total. The molecule has 3 rings (SSSR count). The van der Waals surface area contributed by atoms with E-state index in [1.165, 1.54) is 32.1 Å². The zero-order valence-electron chi connectivity index (χ0n) is 12.2. The van der Waals surface area contributed by atoms with Crippen molar-refractivity contribution in [2.45, 2.75) is 38.1 Å². The third-order valence-corrected chi connectivity index (χ3v) is 4.73. The Morgan fingerprint density at radius 1 is 1.10 bits per heavy atom. The molecule has 1 saturated heterocycles. The third-order valence-electron chi connectivity index (χ3n) is 4.53. The van der Waals surface area contributed by atoms with Crippen LogP contribution in [0.4, 0.5) is 0 Å². The van der Waals surface area contributed by atoms with Crippen molar-refractivity contribution < 1.29 is 4.42 Å². The number of hydrogen-bond donors (Lipinski definition) is 1. The molecule has 2 heterocycles. The molecule has 0 aromatic carbocycles. The standard InChI is InChI=1S/C15H23ClN2O.2ClH/c16-14-7-6-13(19-14)15(12-4-2-1-3-5-12)18-10-8-17-9-11-18;;/h6-7,12,15,17H,1-5,8-11H2;2*1H/t15-;;/m0../s1. The van der Waals surface area contributed by atoms with Crippen LogP contribution >= 0.6 is 36.4 Å². The molecule has 6 heteroatoms. The minimum atomic E-state index is 0. The first kappa shape index (κ1) is 19.1. The van der Waals surface area contributed by atoms with Gasteiger partial charge in [0.15, 0.2) is 5.22 Å². The van der Waals surface area contributed by atoms with Crippen molar-refractivity contribution in [2.75, 3.05) is 26.2 Å². The molecule has 2 aliphatic rings. The Morgan fingerprint density at radius 3 is 2.33 bits per heavy atom. The highest BCUT2D eigenvalue weighted by Crippen LogP contribution is 2.39. The molecule has 1 atom stereocenters. The predicted octanol–water partition coefficient (Wildman–Crippen LogP) is 4.30. The molecule has 0 bridgehead atoms. The first-order valence-electron chi connectivity index (χ1n) is 7.54. The first-order chi connectivity index (χ1) is 9.34. The third kappa shape index (κ3) is 4.77. The van der Waals surface area contributed by atoms with Crippen LogP contribution in [-0.2, 0) is 0 Å². The molecule has 2 fully saturated rings. The van der Waals surface area contributed by atoms with E-state index in [9.17, 15) is 0 Å². The zero-order valence-corrected chi connectivity index (χ0v) is 14.6. The highest BCUT2D eigenvalue weighted by Gasteiger charge is 2.32. The molecule has 0 radical (unpaired) electrons. The first-order valence-corrected chi connectivity index (χ1v) is 7.92. The van der Waals surface area contributed by atoms with Crippen molar-refractivity contribution >= 4 is 36.4 Å². The topological polar surface area (TPSA) is 28.4 Å². The van der Waals surface area contributed by atoms with Gasteiger partial charge in [0.05, 0.1) is 6.04 Å². The highest BCUT2D eigenvalue weighted by atomic mass is 35.5. The van der Waals surface area contributed by atoms with E-state index in [1.807, 2.05) is 6.07 Å². The van der Waals surface area contributed by atoms with Gasteiger partial charge in [0.2, 0.25) is 0 Å². The molecular weight excluding hydrogens is 331 g/mol. The fourth-order valence-electron chi connectivity index (χ4n) is 3.61. The smallest absolute Gasteiger partial charge is 0.193 e. The van der Waals surface area contributed by atoms with E-state index in [0.717, 1.165) is 37.9 Å². The summed E-state index contributed by atoms with van der Waals surface area (Å²) in [6.07, 6.45) is 6.77. The molecule has 1 aromatic heterocycles. The molecule has 3 nitrogen and oxygen atoms in total. The van der Waals surface area contributed by atoms with Crippen LogP contribution in [0.15, 0.2) is 16.5 Å². The second-order valence-electron chi connectivity index (χ2n) is 5.77.